The van der Waals surface area contributed by atoms with Crippen LogP contribution in [0.1, 0.15) is 29.1 Å². The average molecular weight is 375 g/mol. The van der Waals surface area contributed by atoms with Crippen molar-refractivity contribution in [2.75, 3.05) is 23.9 Å². The molecule has 0 spiro atoms. The number of nitrogens with zero attached hydrogens (tertiary/aromatic N) is 2. The van der Waals surface area contributed by atoms with Gasteiger partial charge in [0.15, 0.2) is 6.17 Å². The lowest BCUT2D eigenvalue weighted by Crippen LogP contribution is -2.32. The molecule has 0 radical (unpaired) electrons. The summed E-state index contributed by atoms with van der Waals surface area (Å²) < 4.78 is 10.7. The largest absolute Gasteiger partial charge is 0.497 e. The predicted molar refractivity (Wildman–Crippen MR) is 108 cm³/mol. The van der Waals surface area contributed by atoms with Gasteiger partial charge < -0.3 is 14.8 Å². The van der Waals surface area contributed by atoms with Crippen LogP contribution < -0.4 is 19.7 Å². The van der Waals surface area contributed by atoms with E-state index in [4.69, 9.17) is 9.47 Å². The molecule has 28 heavy (non-hydrogen) atoms. The van der Waals surface area contributed by atoms with E-state index in [0.717, 1.165) is 22.9 Å². The molecule has 4 rings (SSSR count). The Morgan fingerprint density at radius 3 is 2.43 bits per heavy atom. The maximum atomic E-state index is 13.1. The van der Waals surface area contributed by atoms with E-state index >= 15 is 0 Å². The van der Waals surface area contributed by atoms with E-state index in [1.807, 2.05) is 61.5 Å². The summed E-state index contributed by atoms with van der Waals surface area (Å²) in [7, 11) is 1.63. The van der Waals surface area contributed by atoms with E-state index in [2.05, 4.69) is 10.3 Å². The van der Waals surface area contributed by atoms with E-state index in [1.54, 1.807) is 24.3 Å². The molecule has 0 saturated heterocycles. The molecule has 0 saturated carbocycles. The zero-order chi connectivity index (χ0) is 19.5. The van der Waals surface area contributed by atoms with E-state index < -0.39 is 6.17 Å². The zero-order valence-electron chi connectivity index (χ0n) is 15.8. The summed E-state index contributed by atoms with van der Waals surface area (Å²) in [5.74, 6) is 1.46. The number of aromatic nitrogens is 1. The highest BCUT2D eigenvalue weighted by atomic mass is 16.5. The van der Waals surface area contributed by atoms with Crippen molar-refractivity contribution in [3.8, 4) is 11.5 Å². The lowest BCUT2D eigenvalue weighted by Gasteiger charge is -2.26. The molecule has 1 N–H and O–H groups in total. The first-order valence-corrected chi connectivity index (χ1v) is 9.13. The normalized spacial score (nSPS) is 15.3. The van der Waals surface area contributed by atoms with Crippen molar-refractivity contribution in [1.29, 1.82) is 0 Å². The minimum Gasteiger partial charge on any atom is -0.497 e. The Kier molecular flexibility index (Phi) is 4.85. The number of methoxy groups -OCH3 is 1. The highest BCUT2D eigenvalue weighted by molar-refractivity contribution is 6.11. The quantitative estimate of drug-likeness (QED) is 0.697. The van der Waals surface area contributed by atoms with Gasteiger partial charge in [0.1, 0.15) is 11.5 Å². The Morgan fingerprint density at radius 1 is 1.04 bits per heavy atom. The van der Waals surface area contributed by atoms with Gasteiger partial charge in [0.05, 0.1) is 25.0 Å². The summed E-state index contributed by atoms with van der Waals surface area (Å²) in [5, 5.41) is 3.42. The van der Waals surface area contributed by atoms with Crippen molar-refractivity contribution < 1.29 is 14.3 Å². The number of rotatable bonds is 6. The second-order valence-corrected chi connectivity index (χ2v) is 6.31. The van der Waals surface area contributed by atoms with E-state index in [0.29, 0.717) is 17.9 Å². The summed E-state index contributed by atoms with van der Waals surface area (Å²) in [4.78, 5) is 19.3. The van der Waals surface area contributed by atoms with Crippen molar-refractivity contribution in [2.24, 2.45) is 0 Å². The van der Waals surface area contributed by atoms with Crippen LogP contribution in [0.5, 0.6) is 11.5 Å². The molecule has 0 aliphatic carbocycles. The second kappa shape index (κ2) is 7.60. The SMILES string of the molecule is CCOc1ccc(N2C(=O)c3cccnc3[C@H]2Nc2ccc(OC)cc2)cc1. The van der Waals surface area contributed by atoms with Crippen LogP contribution in [0.15, 0.2) is 66.9 Å². The maximum Gasteiger partial charge on any atom is 0.262 e. The van der Waals surface area contributed by atoms with Gasteiger partial charge in [0.25, 0.3) is 5.91 Å². The third-order valence-electron chi connectivity index (χ3n) is 4.62. The Labute approximate surface area is 163 Å². The molecule has 0 fully saturated rings. The van der Waals surface area contributed by atoms with Crippen LogP contribution >= 0.6 is 0 Å². The zero-order valence-corrected chi connectivity index (χ0v) is 15.8. The number of benzene rings is 2. The first kappa shape index (κ1) is 17.9. The molecular weight excluding hydrogens is 354 g/mol. The van der Waals surface area contributed by atoms with E-state index in [-0.39, 0.29) is 5.91 Å². The number of anilines is 2. The minimum atomic E-state index is -0.407. The van der Waals surface area contributed by atoms with Gasteiger partial charge in [-0.2, -0.15) is 0 Å². The van der Waals surface area contributed by atoms with Gasteiger partial charge in [-0.15, -0.1) is 0 Å². The Hall–Kier alpha value is -3.54. The number of fused-ring (bicyclic) bond motifs is 1. The molecule has 1 amide bonds. The smallest absolute Gasteiger partial charge is 0.262 e. The van der Waals surface area contributed by atoms with Crippen molar-refractivity contribution in [2.45, 2.75) is 13.1 Å². The van der Waals surface area contributed by atoms with Crippen molar-refractivity contribution in [3.63, 3.8) is 0 Å². The number of pyridine rings is 1. The molecule has 0 bridgehead atoms. The van der Waals surface area contributed by atoms with Gasteiger partial charge in [-0.05, 0) is 67.6 Å². The molecule has 1 aliphatic heterocycles. The summed E-state index contributed by atoms with van der Waals surface area (Å²) in [6, 6.07) is 18.7. The van der Waals surface area contributed by atoms with Crippen LogP contribution in [0.3, 0.4) is 0 Å². The van der Waals surface area contributed by atoms with Crippen LogP contribution in [0.2, 0.25) is 0 Å². The molecule has 2 heterocycles. The van der Waals surface area contributed by atoms with Crippen LogP contribution in [0, 0.1) is 0 Å². The van der Waals surface area contributed by atoms with Gasteiger partial charge in [0, 0.05) is 17.6 Å². The lowest BCUT2D eigenvalue weighted by molar-refractivity contribution is 0.0993. The molecule has 6 nitrogen and oxygen atoms in total. The maximum absolute atomic E-state index is 13.1. The molecule has 3 aromatic rings. The fourth-order valence-electron chi connectivity index (χ4n) is 3.30. The van der Waals surface area contributed by atoms with E-state index in [9.17, 15) is 4.79 Å². The van der Waals surface area contributed by atoms with Gasteiger partial charge in [-0.3, -0.25) is 14.7 Å². The van der Waals surface area contributed by atoms with Crippen molar-refractivity contribution in [3.05, 3.63) is 78.1 Å². The molecule has 1 atom stereocenters. The van der Waals surface area contributed by atoms with Gasteiger partial charge >= 0.3 is 0 Å². The molecule has 2 aromatic carbocycles. The summed E-state index contributed by atoms with van der Waals surface area (Å²) in [6.07, 6.45) is 1.30. The first-order valence-electron chi connectivity index (χ1n) is 9.13. The average Bonchev–Trinajstić information content (AvgIpc) is 3.01. The summed E-state index contributed by atoms with van der Waals surface area (Å²) >= 11 is 0. The number of carbonyl (C=O) groups is 1. The topological polar surface area (TPSA) is 63.7 Å². The Bertz CT molecular complexity index is 971. The Morgan fingerprint density at radius 2 is 1.75 bits per heavy atom. The van der Waals surface area contributed by atoms with Crippen LogP contribution in [0.4, 0.5) is 11.4 Å². The summed E-state index contributed by atoms with van der Waals surface area (Å²) in [5.41, 5.74) is 2.95. The van der Waals surface area contributed by atoms with E-state index in [1.165, 1.54) is 0 Å². The highest BCUT2D eigenvalue weighted by Crippen LogP contribution is 2.37. The number of ether oxygens (including phenoxy) is 2. The van der Waals surface area contributed by atoms with Gasteiger partial charge in [-0.1, -0.05) is 0 Å². The number of carbonyl (C=O) groups excluding carboxylic acids is 1. The predicted octanol–water partition coefficient (Wildman–Crippen LogP) is 4.26. The lowest BCUT2D eigenvalue weighted by atomic mass is 10.2. The van der Waals surface area contributed by atoms with Crippen molar-refractivity contribution >= 4 is 17.3 Å². The first-order chi connectivity index (χ1) is 13.7. The Balaban J connectivity index is 1.69. The van der Waals surface area contributed by atoms with Crippen LogP contribution in [0.25, 0.3) is 0 Å². The third-order valence-corrected chi connectivity index (χ3v) is 4.62. The molecule has 142 valence electrons. The second-order valence-electron chi connectivity index (χ2n) is 6.31. The van der Waals surface area contributed by atoms with Gasteiger partial charge in [-0.25, -0.2) is 0 Å². The van der Waals surface area contributed by atoms with Crippen LogP contribution in [-0.4, -0.2) is 24.6 Å². The fraction of sp³-hybridized carbons (Fsp3) is 0.182. The molecule has 1 aromatic heterocycles. The fourth-order valence-corrected chi connectivity index (χ4v) is 3.30. The monoisotopic (exact) mass is 375 g/mol. The number of nitrogens with one attached hydrogen (secondary N) is 1. The number of amides is 1. The summed E-state index contributed by atoms with van der Waals surface area (Å²) in [6.45, 7) is 2.54. The molecule has 6 heteroatoms. The molecular formula is C22H21N3O3. The highest BCUT2D eigenvalue weighted by Gasteiger charge is 2.39. The minimum absolute atomic E-state index is 0.0849. The number of hydrogen-bond donors (Lipinski definition) is 1. The van der Waals surface area contributed by atoms with Crippen LogP contribution in [-0.2, 0) is 0 Å². The van der Waals surface area contributed by atoms with Crippen molar-refractivity contribution in [1.82, 2.24) is 4.98 Å². The molecule has 1 aliphatic rings. The number of hydrogen-bond acceptors (Lipinski definition) is 5. The van der Waals surface area contributed by atoms with Gasteiger partial charge in [0.2, 0.25) is 0 Å². The molecule has 0 unspecified atom stereocenters. The third kappa shape index (κ3) is 3.24. The standard InChI is InChI=1S/C22H21N3O3/c1-3-28-18-12-8-16(9-13-18)25-21(20-19(22(25)26)5-4-14-23-20)24-15-6-10-17(27-2)11-7-15/h4-14,21,24H,3H2,1-2H3/t21-/m0/s1.